The van der Waals surface area contributed by atoms with E-state index in [4.69, 9.17) is 5.84 Å². The van der Waals surface area contributed by atoms with E-state index in [0.717, 1.165) is 22.4 Å². The Morgan fingerprint density at radius 2 is 1.65 bits per heavy atom. The van der Waals surface area contributed by atoms with E-state index in [9.17, 15) is 14.7 Å². The van der Waals surface area contributed by atoms with Gasteiger partial charge in [0.1, 0.15) is 6.04 Å². The van der Waals surface area contributed by atoms with Gasteiger partial charge in [0.2, 0.25) is 0 Å². The summed E-state index contributed by atoms with van der Waals surface area (Å²) in [5.74, 6) is 10.6. The Morgan fingerprint density at radius 1 is 1.00 bits per heavy atom. The number of hydrogen-bond acceptors (Lipinski definition) is 6. The lowest BCUT2D eigenvalue weighted by Crippen LogP contribution is -2.30. The lowest BCUT2D eigenvalue weighted by atomic mass is 10.0. The molecule has 2 heterocycles. The molecule has 186 valence electrons. The van der Waals surface area contributed by atoms with Gasteiger partial charge in [-0.15, -0.1) is 0 Å². The number of fused-ring (bicyclic) bond motifs is 1. The fourth-order valence-corrected chi connectivity index (χ4v) is 3.89. The molecule has 1 amide bonds. The minimum absolute atomic E-state index is 0.270. The van der Waals surface area contributed by atoms with Crippen molar-refractivity contribution in [2.75, 3.05) is 5.32 Å². The maximum atomic E-state index is 12.3. The summed E-state index contributed by atoms with van der Waals surface area (Å²) in [6, 6.07) is 17.8. The predicted molar refractivity (Wildman–Crippen MR) is 144 cm³/mol. The van der Waals surface area contributed by atoms with E-state index in [-0.39, 0.29) is 5.92 Å². The number of nitrogens with one attached hydrogen (secondary N) is 2. The number of nitrogens with zero attached hydrogens (tertiary/aromatic N) is 2. The molecule has 0 aliphatic rings. The Kier molecular flexibility index (Phi) is 7.77. The van der Waals surface area contributed by atoms with Crippen LogP contribution >= 0.6 is 0 Å². The molecular formula is C29H27N5O3. The predicted octanol–water partition coefficient (Wildman–Crippen LogP) is 4.21. The number of benzene rings is 2. The van der Waals surface area contributed by atoms with E-state index in [0.29, 0.717) is 28.6 Å². The molecule has 0 aliphatic heterocycles. The first-order chi connectivity index (χ1) is 17.8. The summed E-state index contributed by atoms with van der Waals surface area (Å²) in [6.07, 6.45) is 3.76. The number of hydrazine groups is 1. The molecule has 0 aliphatic carbocycles. The number of carbonyl (C=O) groups excluding carboxylic acids is 1. The minimum atomic E-state index is -0.865. The van der Waals surface area contributed by atoms with E-state index in [1.165, 1.54) is 0 Å². The molecule has 0 spiro atoms. The molecule has 37 heavy (non-hydrogen) atoms. The zero-order valence-corrected chi connectivity index (χ0v) is 20.5. The monoisotopic (exact) mass is 493 g/mol. The highest BCUT2D eigenvalue weighted by atomic mass is 16.4. The molecule has 1 atom stereocenters. The van der Waals surface area contributed by atoms with E-state index in [1.807, 2.05) is 62.4 Å². The highest BCUT2D eigenvalue weighted by Gasteiger charge is 2.18. The number of carboxylic acid groups (broad SMARTS) is 1. The second kappa shape index (κ2) is 11.3. The fraction of sp³-hybridized carbons (Fsp3) is 0.172. The summed E-state index contributed by atoms with van der Waals surface area (Å²) >= 11 is 0. The Morgan fingerprint density at radius 3 is 2.24 bits per heavy atom. The number of amides is 1. The third-order valence-electron chi connectivity index (χ3n) is 5.75. The molecule has 0 bridgehead atoms. The molecule has 0 saturated carbocycles. The van der Waals surface area contributed by atoms with Gasteiger partial charge in [-0.1, -0.05) is 37.8 Å². The smallest absolute Gasteiger partial charge is 0.326 e. The Labute approximate surface area is 214 Å². The molecular weight excluding hydrogens is 466 g/mol. The lowest BCUT2D eigenvalue weighted by molar-refractivity contribution is -0.138. The van der Waals surface area contributed by atoms with Gasteiger partial charge in [-0.3, -0.25) is 15.2 Å². The van der Waals surface area contributed by atoms with Gasteiger partial charge >= 0.3 is 5.97 Å². The first-order valence-corrected chi connectivity index (χ1v) is 11.8. The largest absolute Gasteiger partial charge is 0.480 e. The normalized spacial score (nSPS) is 11.5. The SMILES string of the molecule is CC(C)CC(Nc1ccc(C#Cc2ccc(-c3cc(C(=O)NN)c4cnccc4n3)cc2)cc1)C(=O)O. The van der Waals surface area contributed by atoms with Crippen molar-refractivity contribution < 1.29 is 14.7 Å². The number of nitrogens with two attached hydrogens (primary N) is 1. The zero-order valence-electron chi connectivity index (χ0n) is 20.5. The average molecular weight is 494 g/mol. The van der Waals surface area contributed by atoms with Gasteiger partial charge in [0.25, 0.3) is 5.91 Å². The van der Waals surface area contributed by atoms with Crippen LogP contribution in [0.4, 0.5) is 5.69 Å². The number of hydrogen-bond donors (Lipinski definition) is 4. The van der Waals surface area contributed by atoms with Crippen molar-refractivity contribution in [1.29, 1.82) is 0 Å². The Hall–Kier alpha value is -4.74. The fourth-order valence-electron chi connectivity index (χ4n) is 3.89. The van der Waals surface area contributed by atoms with Crippen LogP contribution < -0.4 is 16.6 Å². The van der Waals surface area contributed by atoms with Crippen LogP contribution in [0.1, 0.15) is 41.8 Å². The van der Waals surface area contributed by atoms with Gasteiger partial charge in [-0.25, -0.2) is 15.6 Å². The van der Waals surface area contributed by atoms with Crippen molar-refractivity contribution in [3.63, 3.8) is 0 Å². The topological polar surface area (TPSA) is 130 Å². The van der Waals surface area contributed by atoms with E-state index >= 15 is 0 Å². The summed E-state index contributed by atoms with van der Waals surface area (Å²) in [4.78, 5) is 32.5. The molecule has 4 rings (SSSR count). The molecule has 2 aromatic carbocycles. The van der Waals surface area contributed by atoms with Crippen LogP contribution in [0, 0.1) is 17.8 Å². The molecule has 0 radical (unpaired) electrons. The molecule has 8 heteroatoms. The summed E-state index contributed by atoms with van der Waals surface area (Å²) < 4.78 is 0. The highest BCUT2D eigenvalue weighted by molar-refractivity contribution is 6.06. The van der Waals surface area contributed by atoms with Crippen LogP contribution in [0.3, 0.4) is 0 Å². The third kappa shape index (κ3) is 6.28. The van der Waals surface area contributed by atoms with Crippen LogP contribution in [0.15, 0.2) is 73.1 Å². The van der Waals surface area contributed by atoms with Crippen molar-refractivity contribution in [2.45, 2.75) is 26.3 Å². The first-order valence-electron chi connectivity index (χ1n) is 11.8. The summed E-state index contributed by atoms with van der Waals surface area (Å²) in [6.45, 7) is 3.99. The summed E-state index contributed by atoms with van der Waals surface area (Å²) in [5.41, 5.74) is 7.06. The molecule has 1 unspecified atom stereocenters. The number of carbonyl (C=O) groups is 2. The van der Waals surface area contributed by atoms with Crippen LogP contribution in [0.5, 0.6) is 0 Å². The number of aliphatic carboxylic acids is 1. The molecule has 2 aromatic heterocycles. The van der Waals surface area contributed by atoms with Crippen molar-refractivity contribution in [3.8, 4) is 23.1 Å². The number of rotatable bonds is 7. The number of aromatic nitrogens is 2. The first kappa shape index (κ1) is 25.4. The van der Waals surface area contributed by atoms with Gasteiger partial charge < -0.3 is 10.4 Å². The highest BCUT2D eigenvalue weighted by Crippen LogP contribution is 2.24. The maximum Gasteiger partial charge on any atom is 0.326 e. The van der Waals surface area contributed by atoms with Gasteiger partial charge in [0, 0.05) is 40.2 Å². The number of pyridine rings is 2. The van der Waals surface area contributed by atoms with Crippen LogP contribution in [0.25, 0.3) is 22.2 Å². The molecule has 5 N–H and O–H groups in total. The maximum absolute atomic E-state index is 12.3. The van der Waals surface area contributed by atoms with Crippen molar-refractivity contribution >= 4 is 28.5 Å². The van der Waals surface area contributed by atoms with Gasteiger partial charge in [0.05, 0.1) is 16.8 Å². The van der Waals surface area contributed by atoms with E-state index < -0.39 is 17.9 Å². The molecule has 0 fully saturated rings. The summed E-state index contributed by atoms with van der Waals surface area (Å²) in [5, 5.41) is 13.1. The van der Waals surface area contributed by atoms with Gasteiger partial charge in [-0.2, -0.15) is 0 Å². The second-order valence-electron chi connectivity index (χ2n) is 8.99. The minimum Gasteiger partial charge on any atom is -0.480 e. The molecule has 0 saturated heterocycles. The Bertz CT molecular complexity index is 1490. The Balaban J connectivity index is 1.51. The van der Waals surface area contributed by atoms with Crippen molar-refractivity contribution in [1.82, 2.24) is 15.4 Å². The number of nitrogen functional groups attached to an aromatic ring is 1. The third-order valence-corrected chi connectivity index (χ3v) is 5.75. The van der Waals surface area contributed by atoms with E-state index in [1.54, 1.807) is 24.5 Å². The standard InChI is InChI=1S/C29H27N5O3/c1-18(2)15-27(29(36)37)32-22-11-7-20(8-12-22)4-3-19-5-9-21(10-6-19)26-16-23(28(35)34-30)24-17-31-14-13-25(24)33-26/h5-14,16-18,27,32H,15,30H2,1-2H3,(H,34,35)(H,36,37). The molecule has 8 nitrogen and oxygen atoms in total. The van der Waals surface area contributed by atoms with Crippen LogP contribution in [0.2, 0.25) is 0 Å². The van der Waals surface area contributed by atoms with E-state index in [2.05, 4.69) is 32.6 Å². The number of anilines is 1. The van der Waals surface area contributed by atoms with Crippen molar-refractivity contribution in [2.24, 2.45) is 11.8 Å². The van der Waals surface area contributed by atoms with Crippen LogP contribution in [-0.4, -0.2) is 33.0 Å². The molecule has 4 aromatic rings. The van der Waals surface area contributed by atoms with Gasteiger partial charge in [0.15, 0.2) is 0 Å². The van der Waals surface area contributed by atoms with Crippen molar-refractivity contribution in [3.05, 3.63) is 89.7 Å². The van der Waals surface area contributed by atoms with Crippen LogP contribution in [-0.2, 0) is 4.79 Å². The average Bonchev–Trinajstić information content (AvgIpc) is 2.91. The quantitative estimate of drug-likeness (QED) is 0.131. The summed E-state index contributed by atoms with van der Waals surface area (Å²) in [7, 11) is 0. The zero-order chi connectivity index (χ0) is 26.4. The lowest BCUT2D eigenvalue weighted by Gasteiger charge is -2.17. The number of carboxylic acids is 1. The second-order valence-corrected chi connectivity index (χ2v) is 8.99. The van der Waals surface area contributed by atoms with Gasteiger partial charge in [-0.05, 0) is 60.9 Å².